The van der Waals surface area contributed by atoms with Crippen molar-refractivity contribution in [1.29, 1.82) is 0 Å². The summed E-state index contributed by atoms with van der Waals surface area (Å²) in [5, 5.41) is 54.1. The highest BCUT2D eigenvalue weighted by Crippen LogP contribution is 2.67. The third-order valence-electron chi connectivity index (χ3n) is 15.6. The predicted molar refractivity (Wildman–Crippen MR) is 255 cm³/mol. The predicted octanol–water partition coefficient (Wildman–Crippen LogP) is 8.15. The third kappa shape index (κ3) is 10.7. The number of benzene rings is 2. The van der Waals surface area contributed by atoms with Crippen LogP contribution in [-0.4, -0.2) is 91.0 Å². The molecule has 0 aromatic heterocycles. The van der Waals surface area contributed by atoms with Gasteiger partial charge in [-0.05, 0) is 150 Å². The van der Waals surface area contributed by atoms with Gasteiger partial charge in [0, 0.05) is 49.7 Å². The van der Waals surface area contributed by atoms with Gasteiger partial charge >= 0.3 is 0 Å². The zero-order valence-corrected chi connectivity index (χ0v) is 38.7. The molecule has 0 unspecified atom stereocenters. The van der Waals surface area contributed by atoms with Crippen molar-refractivity contribution in [2.24, 2.45) is 35.0 Å². The van der Waals surface area contributed by atoms with Crippen LogP contribution in [0.4, 0.5) is 0 Å². The van der Waals surface area contributed by atoms with Crippen molar-refractivity contribution in [1.82, 2.24) is 10.6 Å². The van der Waals surface area contributed by atoms with Gasteiger partial charge < -0.3 is 35.8 Å². The standard InChI is InChI=1S/C55H76N2O6/c1-38-18-22-47(48(23-19-41-13-8-7-9-14-41)44-16-11-15-42(32-44)33-53(4,57-35-38)28-31-63-6)39(2)12-10-17-46(37-60)49-24-26-55(52(49)61)51-43(25-30-58)20-21-45(50(51)40(3)36-59)34-54(55,62)27-29-56-5/h7-18,20-21,32,36,43,45,47-49,51-52,56-58,60-62H,2,19,22-31,33-35,37H2,1,3-6H3/b12-10+,38-18+,46-17-,50-40?/t43-,45-,47-,48-,49-,51-,52+,53-,54+,55+/m0/s1. The van der Waals surface area contributed by atoms with E-state index in [1.807, 2.05) is 26.1 Å². The number of aldehydes is 1. The first-order chi connectivity index (χ1) is 30.4. The van der Waals surface area contributed by atoms with Crippen LogP contribution in [0.5, 0.6) is 0 Å². The fourth-order valence-corrected chi connectivity index (χ4v) is 12.2. The smallest absolute Gasteiger partial charge is 0.145 e. The fourth-order valence-electron chi connectivity index (χ4n) is 12.2. The molecule has 1 spiro atoms. The summed E-state index contributed by atoms with van der Waals surface area (Å²) in [5.41, 5.74) is 6.23. The first-order valence-electron chi connectivity index (χ1n) is 23.6. The number of ether oxygens (including phenoxy) is 1. The molecule has 1 heterocycles. The van der Waals surface area contributed by atoms with E-state index in [1.165, 1.54) is 22.3 Å². The molecule has 4 bridgehead atoms. The van der Waals surface area contributed by atoms with Crippen molar-refractivity contribution in [2.75, 3.05) is 47.1 Å². The second-order valence-corrected chi connectivity index (χ2v) is 19.6. The molecule has 2 aromatic carbocycles. The molecule has 1 aliphatic heterocycles. The summed E-state index contributed by atoms with van der Waals surface area (Å²) in [6, 6.07) is 19.8. The van der Waals surface area contributed by atoms with Crippen molar-refractivity contribution in [3.63, 3.8) is 0 Å². The SMILES string of the molecule is C=C(/C=C/C=C(/CO)[C@@H]1CC[C@]2([C@@H]1O)[C@@H]1C(=C(C)C=O)[C@@H](C=C[C@H]1CCO)C[C@]2(O)CCNC)[C@@H]1C/C=C(\C)CN[C@@](C)(CCOC)Cc2cccc(c2)[C@@H]1CCc1ccccc1. The van der Waals surface area contributed by atoms with E-state index in [0.717, 1.165) is 61.7 Å². The van der Waals surface area contributed by atoms with Crippen molar-refractivity contribution < 1.29 is 30.0 Å². The Morgan fingerprint density at radius 2 is 1.86 bits per heavy atom. The molecule has 2 fully saturated rings. The summed E-state index contributed by atoms with van der Waals surface area (Å²) >= 11 is 0. The van der Waals surface area contributed by atoms with E-state index in [2.05, 4.69) is 103 Å². The van der Waals surface area contributed by atoms with Crippen LogP contribution in [-0.2, 0) is 22.4 Å². The second kappa shape index (κ2) is 22.0. The highest BCUT2D eigenvalue weighted by atomic mass is 16.5. The number of fused-ring (bicyclic) bond motifs is 5. The molecule has 2 aromatic rings. The van der Waals surface area contributed by atoms with Crippen molar-refractivity contribution in [3.05, 3.63) is 142 Å². The Labute approximate surface area is 378 Å². The average Bonchev–Trinajstić information content (AvgIpc) is 3.63. The number of hydrogen-bond donors (Lipinski definition) is 6. The molecule has 63 heavy (non-hydrogen) atoms. The van der Waals surface area contributed by atoms with E-state index in [4.69, 9.17) is 11.3 Å². The molecule has 8 heteroatoms. The lowest BCUT2D eigenvalue weighted by Gasteiger charge is -2.61. The number of hydrogen-bond acceptors (Lipinski definition) is 8. The summed E-state index contributed by atoms with van der Waals surface area (Å²) in [7, 11) is 3.64. The molecule has 4 aliphatic rings. The van der Waals surface area contributed by atoms with Crippen molar-refractivity contribution in [2.45, 2.75) is 108 Å². The molecule has 8 nitrogen and oxygen atoms in total. The summed E-state index contributed by atoms with van der Waals surface area (Å²) in [4.78, 5) is 12.4. The number of methoxy groups -OCH3 is 1. The molecule has 2 saturated carbocycles. The van der Waals surface area contributed by atoms with Crippen LogP contribution in [0.15, 0.2) is 125 Å². The number of aliphatic hydroxyl groups excluding tert-OH is 3. The zero-order chi connectivity index (χ0) is 45.2. The maximum absolute atomic E-state index is 12.9. The largest absolute Gasteiger partial charge is 0.396 e. The summed E-state index contributed by atoms with van der Waals surface area (Å²) in [6.07, 6.45) is 19.5. The van der Waals surface area contributed by atoms with Gasteiger partial charge in [0.2, 0.25) is 0 Å². The quantitative estimate of drug-likeness (QED) is 0.0407. The van der Waals surface area contributed by atoms with Crippen LogP contribution in [0.1, 0.15) is 94.7 Å². The van der Waals surface area contributed by atoms with E-state index >= 15 is 0 Å². The Bertz CT molecular complexity index is 2020. The molecule has 0 radical (unpaired) electrons. The Morgan fingerprint density at radius 3 is 2.57 bits per heavy atom. The van der Waals surface area contributed by atoms with Crippen LogP contribution >= 0.6 is 0 Å². The maximum Gasteiger partial charge on any atom is 0.145 e. The van der Waals surface area contributed by atoms with Gasteiger partial charge in [-0.1, -0.05) is 114 Å². The molecule has 6 rings (SSSR count). The number of allylic oxidation sites excluding steroid dienone is 9. The van der Waals surface area contributed by atoms with Gasteiger partial charge in [-0.2, -0.15) is 0 Å². The Hall–Kier alpha value is -3.73. The molecule has 6 N–H and O–H groups in total. The van der Waals surface area contributed by atoms with E-state index in [-0.39, 0.29) is 48.3 Å². The second-order valence-electron chi connectivity index (χ2n) is 19.6. The lowest BCUT2D eigenvalue weighted by Crippen LogP contribution is -2.65. The minimum atomic E-state index is -1.24. The van der Waals surface area contributed by atoms with Crippen LogP contribution < -0.4 is 10.6 Å². The van der Waals surface area contributed by atoms with E-state index in [0.29, 0.717) is 50.8 Å². The number of carbonyl (C=O) groups excluding carboxylic acids is 1. The minimum Gasteiger partial charge on any atom is -0.396 e. The zero-order valence-electron chi connectivity index (χ0n) is 38.7. The number of nitrogens with one attached hydrogen (secondary N) is 2. The normalized spacial score (nSPS) is 34.0. The van der Waals surface area contributed by atoms with Crippen LogP contribution in [0.2, 0.25) is 0 Å². The van der Waals surface area contributed by atoms with Crippen LogP contribution in [0.25, 0.3) is 0 Å². The van der Waals surface area contributed by atoms with E-state index in [1.54, 1.807) is 7.11 Å². The number of aryl methyl sites for hydroxylation is 1. The topological polar surface area (TPSA) is 131 Å². The summed E-state index contributed by atoms with van der Waals surface area (Å²) in [6.45, 7) is 12.9. The fraction of sp³-hybridized carbons (Fsp3) is 0.545. The highest BCUT2D eigenvalue weighted by molar-refractivity contribution is 5.74. The average molecular weight is 861 g/mol. The molecule has 0 saturated heterocycles. The summed E-state index contributed by atoms with van der Waals surface area (Å²) < 4.78 is 5.54. The van der Waals surface area contributed by atoms with E-state index in [9.17, 15) is 25.2 Å². The molecular weight excluding hydrogens is 785 g/mol. The van der Waals surface area contributed by atoms with Gasteiger partial charge in [0.1, 0.15) is 6.29 Å². The number of carbonyl (C=O) groups is 1. The Morgan fingerprint density at radius 1 is 1.06 bits per heavy atom. The molecular formula is C55H76N2O6. The minimum absolute atomic E-state index is 0.0370. The Balaban J connectivity index is 1.34. The van der Waals surface area contributed by atoms with E-state index < -0.39 is 23.0 Å². The van der Waals surface area contributed by atoms with Gasteiger partial charge in [-0.25, -0.2) is 0 Å². The molecule has 0 amide bonds. The van der Waals surface area contributed by atoms with Crippen molar-refractivity contribution >= 4 is 6.29 Å². The third-order valence-corrected chi connectivity index (χ3v) is 15.6. The van der Waals surface area contributed by atoms with Gasteiger partial charge in [-0.15, -0.1) is 0 Å². The van der Waals surface area contributed by atoms with Gasteiger partial charge in [0.25, 0.3) is 0 Å². The van der Waals surface area contributed by atoms with Gasteiger partial charge in [0.15, 0.2) is 0 Å². The molecule has 342 valence electrons. The van der Waals surface area contributed by atoms with Crippen molar-refractivity contribution in [3.8, 4) is 0 Å². The van der Waals surface area contributed by atoms with Crippen LogP contribution in [0.3, 0.4) is 0 Å². The number of rotatable bonds is 17. The Kier molecular flexibility index (Phi) is 17.0. The highest BCUT2D eigenvalue weighted by Gasteiger charge is 2.68. The van der Waals surface area contributed by atoms with Gasteiger partial charge in [-0.3, -0.25) is 4.79 Å². The summed E-state index contributed by atoms with van der Waals surface area (Å²) in [5.74, 6) is -0.700. The molecule has 10 atom stereocenters. The maximum atomic E-state index is 12.9. The van der Waals surface area contributed by atoms with Gasteiger partial charge in [0.05, 0.1) is 18.3 Å². The monoisotopic (exact) mass is 861 g/mol. The number of aliphatic hydroxyl groups is 4. The lowest BCUT2D eigenvalue weighted by atomic mass is 9.45. The van der Waals surface area contributed by atoms with Crippen LogP contribution in [0, 0.1) is 35.0 Å². The first-order valence-corrected chi connectivity index (χ1v) is 23.6. The lowest BCUT2D eigenvalue weighted by molar-refractivity contribution is -0.194. The first kappa shape index (κ1) is 48.7. The molecule has 3 aliphatic carbocycles.